The average molecular weight is 324 g/mol. The summed E-state index contributed by atoms with van der Waals surface area (Å²) in [6, 6.07) is 14.1. The van der Waals surface area contributed by atoms with Crippen LogP contribution < -0.4 is 5.32 Å². The molecule has 2 aromatic carbocycles. The fourth-order valence-electron chi connectivity index (χ4n) is 2.34. The van der Waals surface area contributed by atoms with Gasteiger partial charge in [0.25, 0.3) is 0 Å². The fourth-order valence-corrected chi connectivity index (χ4v) is 2.34. The van der Waals surface area contributed by atoms with E-state index in [1.54, 1.807) is 31.2 Å². The topological polar surface area (TPSA) is 86.1 Å². The molecule has 24 heavy (non-hydrogen) atoms. The summed E-state index contributed by atoms with van der Waals surface area (Å²) in [6.07, 6.45) is 0. The molecule has 0 radical (unpaired) electrons. The smallest absolute Gasteiger partial charge is 0.340 e. The Balaban J connectivity index is 1.77. The Morgan fingerprint density at radius 1 is 1.12 bits per heavy atom. The van der Waals surface area contributed by atoms with Gasteiger partial charge in [-0.25, -0.2) is 9.48 Å². The highest BCUT2D eigenvalue weighted by molar-refractivity contribution is 6.01. The molecule has 1 heterocycles. The summed E-state index contributed by atoms with van der Waals surface area (Å²) in [5.41, 5.74) is 2.21. The molecular weight excluding hydrogens is 308 g/mol. The van der Waals surface area contributed by atoms with E-state index in [4.69, 9.17) is 4.74 Å². The molecule has 3 aromatic rings. The van der Waals surface area contributed by atoms with Gasteiger partial charge in [-0.3, -0.25) is 4.79 Å². The molecule has 0 atom stereocenters. The third-order valence-corrected chi connectivity index (χ3v) is 3.41. The Morgan fingerprint density at radius 3 is 2.71 bits per heavy atom. The Labute approximate surface area is 138 Å². The number of aromatic nitrogens is 3. The lowest BCUT2D eigenvalue weighted by molar-refractivity contribution is -0.116. The highest BCUT2D eigenvalue weighted by Crippen LogP contribution is 2.17. The zero-order valence-electron chi connectivity index (χ0n) is 13.1. The third kappa shape index (κ3) is 3.24. The SMILES string of the molecule is CCOC(=O)c1ccccc1NC(=O)Cn1nnc2ccccc21. The number of rotatable bonds is 5. The predicted octanol–water partition coefficient (Wildman–Crippen LogP) is 2.25. The van der Waals surface area contributed by atoms with Crippen molar-refractivity contribution in [2.45, 2.75) is 13.5 Å². The van der Waals surface area contributed by atoms with Crippen LogP contribution in [0.5, 0.6) is 0 Å². The van der Waals surface area contributed by atoms with Crippen molar-refractivity contribution in [2.75, 3.05) is 11.9 Å². The van der Waals surface area contributed by atoms with Gasteiger partial charge in [0.1, 0.15) is 12.1 Å². The quantitative estimate of drug-likeness (QED) is 0.727. The maximum Gasteiger partial charge on any atom is 0.340 e. The summed E-state index contributed by atoms with van der Waals surface area (Å²) in [5.74, 6) is -0.776. The van der Waals surface area contributed by atoms with Gasteiger partial charge < -0.3 is 10.1 Å². The van der Waals surface area contributed by atoms with Crippen LogP contribution in [0.25, 0.3) is 11.0 Å². The van der Waals surface area contributed by atoms with Gasteiger partial charge in [-0.2, -0.15) is 0 Å². The standard InChI is InChI=1S/C17H16N4O3/c1-2-24-17(23)12-7-3-4-8-13(12)18-16(22)11-21-15-10-6-5-9-14(15)19-20-21/h3-10H,2,11H2,1H3,(H,18,22). The van der Waals surface area contributed by atoms with Crippen molar-refractivity contribution < 1.29 is 14.3 Å². The van der Waals surface area contributed by atoms with Gasteiger partial charge in [-0.15, -0.1) is 5.10 Å². The highest BCUT2D eigenvalue weighted by atomic mass is 16.5. The maximum absolute atomic E-state index is 12.3. The summed E-state index contributed by atoms with van der Waals surface area (Å²) < 4.78 is 6.51. The monoisotopic (exact) mass is 324 g/mol. The molecule has 0 aliphatic heterocycles. The second-order valence-corrected chi connectivity index (χ2v) is 5.05. The van der Waals surface area contributed by atoms with Crippen molar-refractivity contribution in [1.29, 1.82) is 0 Å². The molecule has 1 amide bonds. The molecule has 0 spiro atoms. The lowest BCUT2D eigenvalue weighted by Gasteiger charge is -2.10. The van der Waals surface area contributed by atoms with Crippen molar-refractivity contribution in [3.8, 4) is 0 Å². The number of carbonyl (C=O) groups excluding carboxylic acids is 2. The Hall–Kier alpha value is -3.22. The Kier molecular flexibility index (Phi) is 4.51. The number of esters is 1. The summed E-state index contributed by atoms with van der Waals surface area (Å²) in [5, 5.41) is 10.7. The molecule has 0 bridgehead atoms. The van der Waals surface area contributed by atoms with E-state index in [9.17, 15) is 9.59 Å². The summed E-state index contributed by atoms with van der Waals surface area (Å²) in [7, 11) is 0. The fraction of sp³-hybridized carbons (Fsp3) is 0.176. The number of benzene rings is 2. The van der Waals surface area contributed by atoms with E-state index in [2.05, 4.69) is 15.6 Å². The largest absolute Gasteiger partial charge is 0.462 e. The number of carbonyl (C=O) groups is 2. The number of hydrogen-bond acceptors (Lipinski definition) is 5. The molecule has 7 heteroatoms. The first kappa shape index (κ1) is 15.7. The first-order chi connectivity index (χ1) is 11.7. The second kappa shape index (κ2) is 6.91. The number of nitrogens with one attached hydrogen (secondary N) is 1. The van der Waals surface area contributed by atoms with E-state index >= 15 is 0 Å². The van der Waals surface area contributed by atoms with Crippen molar-refractivity contribution in [3.63, 3.8) is 0 Å². The highest BCUT2D eigenvalue weighted by Gasteiger charge is 2.15. The minimum absolute atomic E-state index is 0.00231. The van der Waals surface area contributed by atoms with Gasteiger partial charge in [-0.1, -0.05) is 29.5 Å². The molecule has 0 fully saturated rings. The summed E-state index contributed by atoms with van der Waals surface area (Å²) >= 11 is 0. The number of anilines is 1. The number of ether oxygens (including phenoxy) is 1. The third-order valence-electron chi connectivity index (χ3n) is 3.41. The normalized spacial score (nSPS) is 10.5. The van der Waals surface area contributed by atoms with E-state index in [0.717, 1.165) is 11.0 Å². The molecule has 0 saturated heterocycles. The van der Waals surface area contributed by atoms with Crippen LogP contribution in [-0.4, -0.2) is 33.5 Å². The molecule has 122 valence electrons. The second-order valence-electron chi connectivity index (χ2n) is 5.05. The van der Waals surface area contributed by atoms with Gasteiger partial charge in [0.2, 0.25) is 5.91 Å². The zero-order valence-corrected chi connectivity index (χ0v) is 13.1. The molecule has 0 aliphatic rings. The van der Waals surface area contributed by atoms with Crippen LogP contribution in [0.1, 0.15) is 17.3 Å². The number of nitrogens with zero attached hydrogens (tertiary/aromatic N) is 3. The Morgan fingerprint density at radius 2 is 1.88 bits per heavy atom. The van der Waals surface area contributed by atoms with Crippen molar-refractivity contribution in [3.05, 3.63) is 54.1 Å². The molecule has 0 aliphatic carbocycles. The van der Waals surface area contributed by atoms with Crippen LogP contribution in [0.4, 0.5) is 5.69 Å². The van der Waals surface area contributed by atoms with E-state index in [1.807, 2.05) is 24.3 Å². The van der Waals surface area contributed by atoms with Crippen molar-refractivity contribution >= 4 is 28.6 Å². The molecule has 0 unspecified atom stereocenters. The molecular formula is C17H16N4O3. The van der Waals surface area contributed by atoms with E-state index in [1.165, 1.54) is 4.68 Å². The van der Waals surface area contributed by atoms with Crippen LogP contribution in [0.15, 0.2) is 48.5 Å². The minimum atomic E-state index is -0.473. The van der Waals surface area contributed by atoms with Crippen LogP contribution >= 0.6 is 0 Å². The predicted molar refractivity (Wildman–Crippen MR) is 88.6 cm³/mol. The maximum atomic E-state index is 12.3. The number of fused-ring (bicyclic) bond motifs is 1. The first-order valence-electron chi connectivity index (χ1n) is 7.53. The van der Waals surface area contributed by atoms with E-state index in [0.29, 0.717) is 11.3 Å². The van der Waals surface area contributed by atoms with Gasteiger partial charge in [0, 0.05) is 0 Å². The van der Waals surface area contributed by atoms with Gasteiger partial charge >= 0.3 is 5.97 Å². The zero-order chi connectivity index (χ0) is 16.9. The number of amides is 1. The summed E-state index contributed by atoms with van der Waals surface area (Å²) in [6.45, 7) is 2.00. The van der Waals surface area contributed by atoms with Gasteiger partial charge in [0.15, 0.2) is 0 Å². The molecule has 3 rings (SSSR count). The molecule has 1 aromatic heterocycles. The van der Waals surface area contributed by atoms with Crippen molar-refractivity contribution in [2.24, 2.45) is 0 Å². The van der Waals surface area contributed by atoms with Crippen LogP contribution in [0, 0.1) is 0 Å². The van der Waals surface area contributed by atoms with E-state index < -0.39 is 5.97 Å². The average Bonchev–Trinajstić information content (AvgIpc) is 2.98. The van der Waals surface area contributed by atoms with Crippen LogP contribution in [0.3, 0.4) is 0 Å². The van der Waals surface area contributed by atoms with Gasteiger partial charge in [0.05, 0.1) is 23.4 Å². The Bertz CT molecular complexity index is 888. The van der Waals surface area contributed by atoms with E-state index in [-0.39, 0.29) is 19.1 Å². The molecule has 1 N–H and O–H groups in total. The van der Waals surface area contributed by atoms with Crippen LogP contribution in [-0.2, 0) is 16.1 Å². The first-order valence-corrected chi connectivity index (χ1v) is 7.53. The minimum Gasteiger partial charge on any atom is -0.462 e. The summed E-state index contributed by atoms with van der Waals surface area (Å²) in [4.78, 5) is 24.2. The number of hydrogen-bond donors (Lipinski definition) is 1. The van der Waals surface area contributed by atoms with Crippen molar-refractivity contribution in [1.82, 2.24) is 15.0 Å². The molecule has 7 nitrogen and oxygen atoms in total. The van der Waals surface area contributed by atoms with Gasteiger partial charge in [-0.05, 0) is 31.2 Å². The number of para-hydroxylation sites is 2. The molecule has 0 saturated carbocycles. The lowest BCUT2D eigenvalue weighted by atomic mass is 10.2. The van der Waals surface area contributed by atoms with Crippen LogP contribution in [0.2, 0.25) is 0 Å². The lowest BCUT2D eigenvalue weighted by Crippen LogP contribution is -2.21.